The van der Waals surface area contributed by atoms with Crippen LogP contribution in [0.2, 0.25) is 0 Å². The van der Waals surface area contributed by atoms with Gasteiger partial charge in [-0.3, -0.25) is 4.98 Å². The predicted octanol–water partition coefficient (Wildman–Crippen LogP) is 2.97. The molecule has 0 aliphatic carbocycles. The van der Waals surface area contributed by atoms with Crippen LogP contribution in [0.3, 0.4) is 0 Å². The molecule has 3 heteroatoms. The number of thiol groups is 1. The van der Waals surface area contributed by atoms with Crippen LogP contribution in [0.15, 0.2) is 47.5 Å². The van der Waals surface area contributed by atoms with Crippen LogP contribution in [-0.4, -0.2) is 12.1 Å². The summed E-state index contributed by atoms with van der Waals surface area (Å²) in [5.41, 5.74) is 2.20. The minimum atomic E-state index is 0.795. The molecule has 0 bridgehead atoms. The zero-order valence-corrected chi connectivity index (χ0v) is 9.95. The summed E-state index contributed by atoms with van der Waals surface area (Å²) in [5, 5.41) is 0. The van der Waals surface area contributed by atoms with Gasteiger partial charge in [0, 0.05) is 17.5 Å². The van der Waals surface area contributed by atoms with Crippen LogP contribution < -0.4 is 4.74 Å². The summed E-state index contributed by atoms with van der Waals surface area (Å²) in [4.78, 5) is 5.24. The molecule has 0 aliphatic rings. The number of nitrogens with zero attached hydrogens (tertiary/aromatic N) is 1. The Morgan fingerprint density at radius 3 is 2.56 bits per heavy atom. The van der Waals surface area contributed by atoms with E-state index in [1.54, 1.807) is 13.3 Å². The molecule has 0 saturated carbocycles. The van der Waals surface area contributed by atoms with Gasteiger partial charge in [-0.1, -0.05) is 12.1 Å². The Kier molecular flexibility index (Phi) is 3.47. The SMILES string of the molecule is COc1ccc(Cc2ncccc2S)cc1. The zero-order chi connectivity index (χ0) is 11.4. The van der Waals surface area contributed by atoms with E-state index < -0.39 is 0 Å². The minimum Gasteiger partial charge on any atom is -0.497 e. The third kappa shape index (κ3) is 2.55. The summed E-state index contributed by atoms with van der Waals surface area (Å²) in [7, 11) is 1.67. The predicted molar refractivity (Wildman–Crippen MR) is 67.3 cm³/mol. The first kappa shape index (κ1) is 11.0. The Morgan fingerprint density at radius 2 is 1.94 bits per heavy atom. The zero-order valence-electron chi connectivity index (χ0n) is 9.05. The van der Waals surface area contributed by atoms with Crippen LogP contribution in [-0.2, 0) is 6.42 Å². The molecule has 16 heavy (non-hydrogen) atoms. The largest absolute Gasteiger partial charge is 0.497 e. The molecule has 0 saturated heterocycles. The minimum absolute atomic E-state index is 0.795. The Bertz CT molecular complexity index is 468. The molecule has 0 fully saturated rings. The highest BCUT2D eigenvalue weighted by Gasteiger charge is 2.01. The fourth-order valence-electron chi connectivity index (χ4n) is 1.50. The first-order chi connectivity index (χ1) is 7.79. The molecule has 0 unspecified atom stereocenters. The lowest BCUT2D eigenvalue weighted by molar-refractivity contribution is 0.414. The van der Waals surface area contributed by atoms with Gasteiger partial charge in [0.25, 0.3) is 0 Å². The molecule has 2 aromatic rings. The molecule has 1 heterocycles. The molecule has 1 aromatic heterocycles. The second-order valence-corrected chi connectivity index (χ2v) is 3.98. The number of aromatic nitrogens is 1. The van der Waals surface area contributed by atoms with E-state index in [-0.39, 0.29) is 0 Å². The summed E-state index contributed by atoms with van der Waals surface area (Å²) in [6, 6.07) is 11.8. The summed E-state index contributed by atoms with van der Waals surface area (Å²) in [5.74, 6) is 0.871. The maximum atomic E-state index is 5.11. The Labute approximate surface area is 101 Å². The first-order valence-corrected chi connectivity index (χ1v) is 5.50. The summed E-state index contributed by atoms with van der Waals surface area (Å²) in [6.45, 7) is 0. The summed E-state index contributed by atoms with van der Waals surface area (Å²) in [6.07, 6.45) is 2.59. The average Bonchev–Trinajstić information content (AvgIpc) is 2.33. The van der Waals surface area contributed by atoms with Gasteiger partial charge in [-0.05, 0) is 29.8 Å². The van der Waals surface area contributed by atoms with Gasteiger partial charge >= 0.3 is 0 Å². The highest BCUT2D eigenvalue weighted by Crippen LogP contribution is 2.17. The Morgan fingerprint density at radius 1 is 1.19 bits per heavy atom. The first-order valence-electron chi connectivity index (χ1n) is 5.05. The van der Waals surface area contributed by atoms with E-state index in [1.165, 1.54) is 5.56 Å². The summed E-state index contributed by atoms with van der Waals surface area (Å²) < 4.78 is 5.11. The average molecular weight is 231 g/mol. The third-order valence-corrected chi connectivity index (χ3v) is 2.80. The lowest BCUT2D eigenvalue weighted by atomic mass is 10.1. The molecule has 0 atom stereocenters. The number of rotatable bonds is 3. The number of hydrogen-bond donors (Lipinski definition) is 1. The number of ether oxygens (including phenoxy) is 1. The van der Waals surface area contributed by atoms with E-state index in [4.69, 9.17) is 4.74 Å². The van der Waals surface area contributed by atoms with E-state index in [1.807, 2.05) is 36.4 Å². The van der Waals surface area contributed by atoms with Crippen LogP contribution >= 0.6 is 12.6 Å². The highest BCUT2D eigenvalue weighted by atomic mass is 32.1. The van der Waals surface area contributed by atoms with Crippen molar-refractivity contribution in [1.29, 1.82) is 0 Å². The van der Waals surface area contributed by atoms with Gasteiger partial charge in [-0.15, -0.1) is 12.6 Å². The van der Waals surface area contributed by atoms with Crippen molar-refractivity contribution < 1.29 is 4.74 Å². The topological polar surface area (TPSA) is 22.1 Å². The number of methoxy groups -OCH3 is 1. The normalized spacial score (nSPS) is 10.1. The molecule has 0 aliphatic heterocycles. The molecule has 1 aromatic carbocycles. The van der Waals surface area contributed by atoms with Gasteiger partial charge in [0.1, 0.15) is 5.75 Å². The lowest BCUT2D eigenvalue weighted by Crippen LogP contribution is -1.93. The number of pyridine rings is 1. The smallest absolute Gasteiger partial charge is 0.118 e. The van der Waals surface area contributed by atoms with Crippen molar-refractivity contribution in [2.75, 3.05) is 7.11 Å². The van der Waals surface area contributed by atoms with E-state index in [0.29, 0.717) is 0 Å². The van der Waals surface area contributed by atoms with Gasteiger partial charge in [0.05, 0.1) is 12.8 Å². The fraction of sp³-hybridized carbons (Fsp3) is 0.154. The van der Waals surface area contributed by atoms with Crippen LogP contribution in [0.25, 0.3) is 0 Å². The standard InChI is InChI=1S/C13H13NOS/c1-15-11-6-4-10(5-7-11)9-12-13(16)3-2-8-14-12/h2-8,16H,9H2,1H3. The van der Waals surface area contributed by atoms with Crippen LogP contribution in [0.4, 0.5) is 0 Å². The molecule has 0 N–H and O–H groups in total. The van der Waals surface area contributed by atoms with Gasteiger partial charge in [-0.2, -0.15) is 0 Å². The molecule has 2 rings (SSSR count). The Balaban J connectivity index is 2.18. The van der Waals surface area contributed by atoms with Crippen molar-refractivity contribution in [3.63, 3.8) is 0 Å². The monoisotopic (exact) mass is 231 g/mol. The van der Waals surface area contributed by atoms with Gasteiger partial charge in [0.15, 0.2) is 0 Å². The van der Waals surface area contributed by atoms with Gasteiger partial charge in [0.2, 0.25) is 0 Å². The van der Waals surface area contributed by atoms with Crippen molar-refractivity contribution >= 4 is 12.6 Å². The lowest BCUT2D eigenvalue weighted by Gasteiger charge is -2.05. The third-order valence-electron chi connectivity index (χ3n) is 2.40. The van der Waals surface area contributed by atoms with Gasteiger partial charge in [-0.25, -0.2) is 0 Å². The fourth-order valence-corrected chi connectivity index (χ4v) is 1.73. The number of benzene rings is 1. The highest BCUT2D eigenvalue weighted by molar-refractivity contribution is 7.80. The maximum absolute atomic E-state index is 5.11. The van der Waals surface area contributed by atoms with Crippen LogP contribution in [0.1, 0.15) is 11.3 Å². The van der Waals surface area contributed by atoms with Crippen molar-refractivity contribution in [2.45, 2.75) is 11.3 Å². The molecular formula is C13H13NOS. The van der Waals surface area contributed by atoms with E-state index in [9.17, 15) is 0 Å². The van der Waals surface area contributed by atoms with E-state index >= 15 is 0 Å². The maximum Gasteiger partial charge on any atom is 0.118 e. The molecule has 0 radical (unpaired) electrons. The quantitative estimate of drug-likeness (QED) is 0.820. The van der Waals surface area contributed by atoms with Crippen LogP contribution in [0, 0.1) is 0 Å². The van der Waals surface area contributed by atoms with Crippen LogP contribution in [0.5, 0.6) is 5.75 Å². The van der Waals surface area contributed by atoms with Crippen molar-refractivity contribution in [1.82, 2.24) is 4.98 Å². The van der Waals surface area contributed by atoms with Crippen molar-refractivity contribution in [3.05, 3.63) is 53.9 Å². The van der Waals surface area contributed by atoms with Crippen molar-refractivity contribution in [3.8, 4) is 5.75 Å². The molecule has 2 nitrogen and oxygen atoms in total. The second-order valence-electron chi connectivity index (χ2n) is 3.49. The van der Waals surface area contributed by atoms with E-state index in [2.05, 4.69) is 17.6 Å². The number of hydrogen-bond acceptors (Lipinski definition) is 3. The van der Waals surface area contributed by atoms with Gasteiger partial charge < -0.3 is 4.74 Å². The van der Waals surface area contributed by atoms with E-state index in [0.717, 1.165) is 22.8 Å². The Hall–Kier alpha value is -1.48. The van der Waals surface area contributed by atoms with Crippen molar-refractivity contribution in [2.24, 2.45) is 0 Å². The molecule has 82 valence electrons. The molecular weight excluding hydrogens is 218 g/mol. The second kappa shape index (κ2) is 5.03. The molecule has 0 amide bonds. The molecule has 0 spiro atoms. The summed E-state index contributed by atoms with van der Waals surface area (Å²) >= 11 is 4.38.